The maximum Gasteiger partial charge on any atom is 0.295 e. The molecule has 0 radical (unpaired) electrons. The average molecular weight is 527 g/mol. The fourth-order valence-electron chi connectivity index (χ4n) is 4.81. The largest absolute Gasteiger partial charge is 0.507 e. The van der Waals surface area contributed by atoms with Crippen molar-refractivity contribution in [2.75, 3.05) is 27.2 Å². The number of rotatable bonds is 8. The minimum Gasteiger partial charge on any atom is -0.507 e. The zero-order valence-electron chi connectivity index (χ0n) is 23.7. The number of likely N-dealkylation sites (N-methyl/N-ethyl adjacent to an activating group) is 1. The number of carbonyl (C=O) groups excluding carboxylic acids is 2. The van der Waals surface area contributed by atoms with Gasteiger partial charge in [0.25, 0.3) is 11.7 Å². The Morgan fingerprint density at radius 2 is 1.64 bits per heavy atom. The summed E-state index contributed by atoms with van der Waals surface area (Å²) in [5, 5.41) is 11.5. The monoisotopic (exact) mass is 526 g/mol. The van der Waals surface area contributed by atoms with Crippen LogP contribution in [0.25, 0.3) is 5.76 Å². The third-order valence-corrected chi connectivity index (χ3v) is 7.12. The van der Waals surface area contributed by atoms with Gasteiger partial charge in [0.05, 0.1) is 11.6 Å². The molecular weight excluding hydrogens is 488 g/mol. The second-order valence-corrected chi connectivity index (χ2v) is 11.4. The van der Waals surface area contributed by atoms with E-state index in [2.05, 4.69) is 20.8 Å². The highest BCUT2D eigenvalue weighted by atomic mass is 16.5. The lowest BCUT2D eigenvalue weighted by Crippen LogP contribution is -2.35. The van der Waals surface area contributed by atoms with E-state index in [1.165, 1.54) is 0 Å². The van der Waals surface area contributed by atoms with Crippen molar-refractivity contribution in [1.82, 2.24) is 9.80 Å². The Balaban J connectivity index is 1.72. The number of benzene rings is 3. The fraction of sp³-hybridized carbons (Fsp3) is 0.333. The molecule has 1 N–H and O–H groups in total. The highest BCUT2D eigenvalue weighted by Crippen LogP contribution is 2.40. The van der Waals surface area contributed by atoms with Crippen LogP contribution in [0.1, 0.15) is 54.6 Å². The van der Waals surface area contributed by atoms with Crippen LogP contribution in [0.5, 0.6) is 5.75 Å². The van der Waals surface area contributed by atoms with Crippen LogP contribution in [0.2, 0.25) is 0 Å². The van der Waals surface area contributed by atoms with Gasteiger partial charge < -0.3 is 19.6 Å². The lowest BCUT2D eigenvalue weighted by atomic mass is 9.85. The summed E-state index contributed by atoms with van der Waals surface area (Å²) in [6.07, 6.45) is 0. The first-order valence-corrected chi connectivity index (χ1v) is 13.3. The van der Waals surface area contributed by atoms with Crippen molar-refractivity contribution in [3.05, 3.63) is 106 Å². The van der Waals surface area contributed by atoms with Gasteiger partial charge in [-0.1, -0.05) is 75.4 Å². The first kappa shape index (κ1) is 28.1. The van der Waals surface area contributed by atoms with E-state index in [9.17, 15) is 14.7 Å². The van der Waals surface area contributed by atoms with Crippen LogP contribution in [0.3, 0.4) is 0 Å². The van der Waals surface area contributed by atoms with E-state index < -0.39 is 17.7 Å². The van der Waals surface area contributed by atoms with Crippen molar-refractivity contribution in [3.8, 4) is 5.75 Å². The summed E-state index contributed by atoms with van der Waals surface area (Å²) in [7, 11) is 3.85. The molecule has 1 aliphatic heterocycles. The highest BCUT2D eigenvalue weighted by Gasteiger charge is 2.46. The molecule has 4 rings (SSSR count). The van der Waals surface area contributed by atoms with Gasteiger partial charge in [-0.25, -0.2) is 0 Å². The molecule has 6 heteroatoms. The second kappa shape index (κ2) is 11.5. The van der Waals surface area contributed by atoms with Gasteiger partial charge in [0.1, 0.15) is 18.1 Å². The molecule has 1 amide bonds. The number of hydrogen-bond donors (Lipinski definition) is 1. The van der Waals surface area contributed by atoms with Gasteiger partial charge >= 0.3 is 0 Å². The Kier molecular flexibility index (Phi) is 8.26. The maximum atomic E-state index is 13.4. The summed E-state index contributed by atoms with van der Waals surface area (Å²) < 4.78 is 5.94. The Morgan fingerprint density at radius 3 is 2.23 bits per heavy atom. The summed E-state index contributed by atoms with van der Waals surface area (Å²) in [5.41, 5.74) is 4.33. The van der Waals surface area contributed by atoms with Crippen LogP contribution >= 0.6 is 0 Å². The number of Topliss-reactive ketones (excluding diaryl/α,β-unsaturated/α-hetero) is 1. The van der Waals surface area contributed by atoms with Gasteiger partial charge in [0.2, 0.25) is 0 Å². The highest BCUT2D eigenvalue weighted by molar-refractivity contribution is 6.46. The number of hydrogen-bond acceptors (Lipinski definition) is 5. The van der Waals surface area contributed by atoms with E-state index >= 15 is 0 Å². The van der Waals surface area contributed by atoms with Crippen LogP contribution in [0.4, 0.5) is 0 Å². The van der Waals surface area contributed by atoms with E-state index in [1.807, 2.05) is 86.6 Å². The second-order valence-electron chi connectivity index (χ2n) is 11.4. The van der Waals surface area contributed by atoms with Gasteiger partial charge in [-0.3, -0.25) is 9.59 Å². The third-order valence-electron chi connectivity index (χ3n) is 7.12. The molecule has 1 heterocycles. The number of aliphatic hydroxyl groups excluding tert-OH is 1. The predicted molar refractivity (Wildman–Crippen MR) is 155 cm³/mol. The summed E-state index contributed by atoms with van der Waals surface area (Å²) in [4.78, 5) is 30.1. The lowest BCUT2D eigenvalue weighted by molar-refractivity contribution is -0.140. The number of ketones is 1. The van der Waals surface area contributed by atoms with E-state index in [-0.39, 0.29) is 16.7 Å². The number of ether oxygens (including phenoxy) is 1. The number of nitrogens with zero attached hydrogens (tertiary/aromatic N) is 2. The van der Waals surface area contributed by atoms with Crippen molar-refractivity contribution >= 4 is 17.4 Å². The summed E-state index contributed by atoms with van der Waals surface area (Å²) >= 11 is 0. The fourth-order valence-corrected chi connectivity index (χ4v) is 4.81. The summed E-state index contributed by atoms with van der Waals surface area (Å²) in [6.45, 7) is 9.66. The van der Waals surface area contributed by atoms with Gasteiger partial charge in [-0.2, -0.15) is 0 Å². The zero-order valence-corrected chi connectivity index (χ0v) is 23.7. The Bertz CT molecular complexity index is 1370. The van der Waals surface area contributed by atoms with Gasteiger partial charge in [0, 0.05) is 18.7 Å². The molecule has 39 heavy (non-hydrogen) atoms. The summed E-state index contributed by atoms with van der Waals surface area (Å²) in [5.74, 6) is -0.768. The van der Waals surface area contributed by atoms with Crippen molar-refractivity contribution in [2.24, 2.45) is 0 Å². The van der Waals surface area contributed by atoms with Crippen LogP contribution in [0, 0.1) is 6.92 Å². The molecule has 0 saturated carbocycles. The molecule has 3 aromatic rings. The first-order valence-electron chi connectivity index (χ1n) is 13.3. The quantitative estimate of drug-likeness (QED) is 0.226. The van der Waals surface area contributed by atoms with Crippen LogP contribution < -0.4 is 4.74 Å². The van der Waals surface area contributed by atoms with Gasteiger partial charge in [-0.15, -0.1) is 0 Å². The molecule has 0 aliphatic carbocycles. The molecule has 0 unspecified atom stereocenters. The number of amides is 1. The van der Waals surface area contributed by atoms with E-state index in [0.717, 1.165) is 22.3 Å². The van der Waals surface area contributed by atoms with Crippen molar-refractivity contribution < 1.29 is 19.4 Å². The number of aryl methyl sites for hydroxylation is 1. The Hall–Kier alpha value is -3.90. The minimum absolute atomic E-state index is 0.0350. The SMILES string of the molecule is Cc1cc(OCc2ccccc2)ccc1C(O)=C1C(=O)C(=O)N(CCN(C)C)[C@@H]1c1ccc(C(C)(C)C)cc1. The standard InChI is InChI=1S/C33H38N2O4/c1-22-20-26(39-21-23-10-8-7-9-11-23)16-17-27(22)30(36)28-29(24-12-14-25(15-13-24)33(2,3)4)35(19-18-34(5)6)32(38)31(28)37/h7-17,20,29,36H,18-19,21H2,1-6H3/t29-/m1/s1. The van der Waals surface area contributed by atoms with E-state index in [0.29, 0.717) is 31.0 Å². The molecule has 1 aliphatic rings. The van der Waals surface area contributed by atoms with Crippen LogP contribution in [-0.4, -0.2) is 53.8 Å². The number of aliphatic hydroxyl groups is 1. The topological polar surface area (TPSA) is 70.1 Å². The normalized spacial score (nSPS) is 17.2. The van der Waals surface area contributed by atoms with Crippen LogP contribution in [-0.2, 0) is 21.6 Å². The molecule has 1 saturated heterocycles. The Morgan fingerprint density at radius 1 is 0.974 bits per heavy atom. The molecule has 0 spiro atoms. The smallest absolute Gasteiger partial charge is 0.295 e. The van der Waals surface area contributed by atoms with Gasteiger partial charge in [-0.05, 0) is 66.9 Å². The molecule has 1 atom stereocenters. The number of likely N-dealkylation sites (tertiary alicyclic amines) is 1. The predicted octanol–water partition coefficient (Wildman–Crippen LogP) is 5.85. The van der Waals surface area contributed by atoms with Gasteiger partial charge in [0.15, 0.2) is 0 Å². The van der Waals surface area contributed by atoms with E-state index in [1.54, 1.807) is 17.0 Å². The maximum absolute atomic E-state index is 13.4. The molecule has 3 aromatic carbocycles. The lowest BCUT2D eigenvalue weighted by Gasteiger charge is -2.27. The molecular formula is C33H38N2O4. The van der Waals surface area contributed by atoms with Crippen molar-refractivity contribution in [3.63, 3.8) is 0 Å². The molecule has 0 bridgehead atoms. The Labute approximate surface area is 231 Å². The van der Waals surface area contributed by atoms with E-state index in [4.69, 9.17) is 4.74 Å². The summed E-state index contributed by atoms with van der Waals surface area (Å²) in [6, 6.07) is 22.6. The van der Waals surface area contributed by atoms with Crippen molar-refractivity contribution in [2.45, 2.75) is 45.8 Å². The molecule has 1 fully saturated rings. The molecule has 6 nitrogen and oxygen atoms in total. The zero-order chi connectivity index (χ0) is 28.3. The van der Waals surface area contributed by atoms with Crippen molar-refractivity contribution in [1.29, 1.82) is 0 Å². The number of carbonyl (C=O) groups is 2. The third kappa shape index (κ3) is 6.23. The molecule has 204 valence electrons. The molecule has 0 aromatic heterocycles. The average Bonchev–Trinajstić information content (AvgIpc) is 3.15. The minimum atomic E-state index is -0.674. The van der Waals surface area contributed by atoms with Crippen LogP contribution in [0.15, 0.2) is 78.4 Å². The first-order chi connectivity index (χ1) is 18.5.